The lowest BCUT2D eigenvalue weighted by atomic mass is 10.1. The number of pyridine rings is 1. The smallest absolute Gasteiger partial charge is 0.269 e. The zero-order valence-electron chi connectivity index (χ0n) is 23.0. The number of benzene rings is 1. The van der Waals surface area contributed by atoms with E-state index < -0.39 is 0 Å². The van der Waals surface area contributed by atoms with Crippen molar-refractivity contribution in [3.63, 3.8) is 0 Å². The largest absolute Gasteiger partial charge is 0.492 e. The van der Waals surface area contributed by atoms with Crippen LogP contribution in [0.5, 0.6) is 5.75 Å². The predicted octanol–water partition coefficient (Wildman–Crippen LogP) is 2.55. The Morgan fingerprint density at radius 1 is 1.10 bits per heavy atom. The van der Waals surface area contributed by atoms with Gasteiger partial charge >= 0.3 is 0 Å². The molecule has 0 atom stereocenters. The number of rotatable bonds is 9. The van der Waals surface area contributed by atoms with Gasteiger partial charge in [0.05, 0.1) is 17.4 Å². The van der Waals surface area contributed by atoms with Crippen LogP contribution in [0.4, 0.5) is 11.5 Å². The molecule has 2 aromatic heterocycles. The van der Waals surface area contributed by atoms with Crippen molar-refractivity contribution in [3.05, 3.63) is 75.3 Å². The summed E-state index contributed by atoms with van der Waals surface area (Å²) in [4.78, 5) is 37.5. The monoisotopic (exact) mass is 558 g/mol. The lowest BCUT2D eigenvalue weighted by Crippen LogP contribution is -2.49. The molecular weight excluding hydrogens is 520 g/mol. The van der Waals surface area contributed by atoms with Crippen molar-refractivity contribution < 1.29 is 9.53 Å². The van der Waals surface area contributed by atoms with Crippen LogP contribution in [0.1, 0.15) is 36.1 Å². The third kappa shape index (κ3) is 6.84. The van der Waals surface area contributed by atoms with Crippen molar-refractivity contribution in [2.45, 2.75) is 33.9 Å². The zero-order chi connectivity index (χ0) is 28.1. The molecule has 41 heavy (non-hydrogen) atoms. The van der Waals surface area contributed by atoms with Gasteiger partial charge in [-0.25, -0.2) is 10.1 Å². The van der Waals surface area contributed by atoms with E-state index in [9.17, 15) is 9.59 Å². The van der Waals surface area contributed by atoms with Crippen LogP contribution in [0.15, 0.2) is 47.5 Å². The molecule has 1 fully saturated rings. The van der Waals surface area contributed by atoms with Crippen LogP contribution in [0, 0.1) is 18.3 Å². The number of H-pyrrole nitrogens is 1. The number of piperazine rings is 1. The van der Waals surface area contributed by atoms with Crippen molar-refractivity contribution >= 4 is 17.4 Å². The lowest BCUT2D eigenvalue weighted by Gasteiger charge is -2.35. The van der Waals surface area contributed by atoms with E-state index in [1.807, 2.05) is 37.1 Å². The highest BCUT2D eigenvalue weighted by molar-refractivity contribution is 5.76. The highest BCUT2D eigenvalue weighted by Crippen LogP contribution is 2.34. The summed E-state index contributed by atoms with van der Waals surface area (Å²) in [7, 11) is 2.00. The third-order valence-corrected chi connectivity index (χ3v) is 7.63. The number of carbonyl (C=O) groups is 1. The Bertz CT molecular complexity index is 1440. The van der Waals surface area contributed by atoms with Crippen LogP contribution in [0.3, 0.4) is 0 Å². The number of hydrogen-bond donors (Lipinski definition) is 1. The molecule has 2 aliphatic rings. The number of aromatic amines is 1. The maximum atomic E-state index is 12.8. The molecule has 2 aliphatic heterocycles. The molecule has 4 heterocycles. The number of carbonyl (C=O) groups excluding carboxylic acids is 1. The van der Waals surface area contributed by atoms with E-state index >= 15 is 0 Å². The number of amides is 1. The number of nitriles is 1. The Morgan fingerprint density at radius 2 is 1.90 bits per heavy atom. The van der Waals surface area contributed by atoms with Gasteiger partial charge in [-0.05, 0) is 37.7 Å². The Hall–Kier alpha value is -4.43. The Labute approximate surface area is 241 Å². The molecule has 1 aromatic carbocycles. The molecule has 0 spiro atoms. The number of anilines is 2. The maximum absolute atomic E-state index is 12.8. The fourth-order valence-electron chi connectivity index (χ4n) is 5.16. The zero-order valence-corrected chi connectivity index (χ0v) is 23.0. The minimum atomic E-state index is -0.172. The summed E-state index contributed by atoms with van der Waals surface area (Å²) < 4.78 is 6.17. The van der Waals surface area contributed by atoms with Crippen LogP contribution in [-0.4, -0.2) is 83.8 Å². The van der Waals surface area contributed by atoms with Crippen LogP contribution in [0.2, 0.25) is 0 Å². The van der Waals surface area contributed by atoms with Gasteiger partial charge in [0.25, 0.3) is 5.56 Å². The second-order valence-corrected chi connectivity index (χ2v) is 10.2. The third-order valence-electron chi connectivity index (χ3n) is 7.63. The van der Waals surface area contributed by atoms with Gasteiger partial charge in [0, 0.05) is 76.1 Å². The molecule has 0 aliphatic carbocycles. The van der Waals surface area contributed by atoms with Crippen LogP contribution >= 0.6 is 0 Å². The summed E-state index contributed by atoms with van der Waals surface area (Å²) in [5, 5.41) is 15.4. The molecule has 0 radical (unpaired) electrons. The Kier molecular flexibility index (Phi) is 9.57. The first-order valence-corrected chi connectivity index (χ1v) is 13.5. The van der Waals surface area contributed by atoms with Gasteiger partial charge < -0.3 is 24.3 Å². The summed E-state index contributed by atoms with van der Waals surface area (Å²) in [6.45, 7) is 7.84. The molecule has 11 heteroatoms. The van der Waals surface area contributed by atoms with E-state index in [0.29, 0.717) is 63.4 Å². The quantitative estimate of drug-likeness (QED) is 0.422. The van der Waals surface area contributed by atoms with E-state index in [1.165, 1.54) is 5.56 Å². The van der Waals surface area contributed by atoms with Crippen LogP contribution < -0.4 is 20.1 Å². The second kappa shape index (κ2) is 13.3. The van der Waals surface area contributed by atoms with Gasteiger partial charge in [-0.15, -0.1) is 0 Å². The predicted molar refractivity (Wildman–Crippen MR) is 158 cm³/mol. The number of fused-ring (bicyclic) bond motifs is 1. The first-order valence-electron chi connectivity index (χ1n) is 13.5. The first-order chi connectivity index (χ1) is 19.4. The van der Waals surface area contributed by atoms with Gasteiger partial charge in [-0.1, -0.05) is 19.6 Å². The minimum Gasteiger partial charge on any atom is -0.492 e. The molecule has 0 saturated carbocycles. The number of ether oxygens (including phenoxy) is 1. The first kappa shape index (κ1) is 29.6. The number of aromatic nitrogens is 3. The number of nitrogens with one attached hydrogen (secondary N) is 1. The fraction of sp³-hybridized carbons (Fsp3) is 0.433. The summed E-state index contributed by atoms with van der Waals surface area (Å²) in [6.07, 6.45) is 3.75. The van der Waals surface area contributed by atoms with E-state index in [1.54, 1.807) is 18.5 Å². The highest BCUT2D eigenvalue weighted by atomic mass is 16.5. The molecule has 3 aromatic rings. The molecule has 11 nitrogen and oxygen atoms in total. The van der Waals surface area contributed by atoms with E-state index in [0.717, 1.165) is 35.9 Å². The molecule has 1 amide bonds. The van der Waals surface area contributed by atoms with E-state index in [-0.39, 0.29) is 18.9 Å². The van der Waals surface area contributed by atoms with Crippen molar-refractivity contribution in [2.75, 3.05) is 62.7 Å². The van der Waals surface area contributed by atoms with Gasteiger partial charge in [0.2, 0.25) is 5.91 Å². The van der Waals surface area contributed by atoms with Crippen molar-refractivity contribution in [2.24, 2.45) is 0 Å². The van der Waals surface area contributed by atoms with Crippen molar-refractivity contribution in [3.8, 4) is 11.8 Å². The second-order valence-electron chi connectivity index (χ2n) is 10.2. The van der Waals surface area contributed by atoms with Gasteiger partial charge in [0.15, 0.2) is 0 Å². The topological polar surface area (TPSA) is 122 Å². The molecule has 0 bridgehead atoms. The van der Waals surface area contributed by atoms with Gasteiger partial charge in [-0.2, -0.15) is 10.4 Å². The SMILES string of the molecule is C.Cc1c(N2Cc3cccc(OCCN(C)CCC(=O)N4CCN(c5ccc(C#N)cn5)CC4)c3C2)cn[nH]c1=O. The maximum Gasteiger partial charge on any atom is 0.269 e. The Balaban J connectivity index is 0.00000387. The molecule has 0 unspecified atom stereocenters. The van der Waals surface area contributed by atoms with E-state index in [4.69, 9.17) is 10.00 Å². The Morgan fingerprint density at radius 3 is 2.63 bits per heavy atom. The number of nitrogens with zero attached hydrogens (tertiary/aromatic N) is 7. The fourth-order valence-corrected chi connectivity index (χ4v) is 5.16. The van der Waals surface area contributed by atoms with E-state index in [2.05, 4.69) is 42.0 Å². The molecule has 1 saturated heterocycles. The highest BCUT2D eigenvalue weighted by Gasteiger charge is 2.25. The molecule has 216 valence electrons. The van der Waals surface area contributed by atoms with Crippen LogP contribution in [0.25, 0.3) is 0 Å². The molecule has 1 N–H and O–H groups in total. The summed E-state index contributed by atoms with van der Waals surface area (Å²) >= 11 is 0. The van der Waals surface area contributed by atoms with Gasteiger partial charge in [0.1, 0.15) is 24.2 Å². The van der Waals surface area contributed by atoms with Crippen molar-refractivity contribution in [1.29, 1.82) is 5.26 Å². The summed E-state index contributed by atoms with van der Waals surface area (Å²) in [6, 6.07) is 11.8. The average Bonchev–Trinajstić information content (AvgIpc) is 3.42. The lowest BCUT2D eigenvalue weighted by molar-refractivity contribution is -0.131. The van der Waals surface area contributed by atoms with Crippen molar-refractivity contribution in [1.82, 2.24) is 25.0 Å². The molecular formula is C30H38N8O3. The van der Waals surface area contributed by atoms with Gasteiger partial charge in [-0.3, -0.25) is 9.59 Å². The summed E-state index contributed by atoms with van der Waals surface area (Å²) in [5.41, 5.74) is 4.19. The average molecular weight is 559 g/mol. The van der Waals surface area contributed by atoms with Crippen LogP contribution in [-0.2, 0) is 17.9 Å². The number of hydrogen-bond acceptors (Lipinski definition) is 9. The number of likely N-dealkylation sites (N-methyl/N-ethyl adjacent to an activating group) is 1. The molecule has 5 rings (SSSR count). The summed E-state index contributed by atoms with van der Waals surface area (Å²) in [5.74, 6) is 1.85. The minimum absolute atomic E-state index is 0. The normalized spacial score (nSPS) is 14.4. The standard InChI is InChI=1S/C29H34N8O3.CH4/c1-21-25(18-32-33-29(21)39)37-19-23-4-3-5-26(24(23)20-37)40-15-14-34(2)9-8-28(38)36-12-10-35(11-13-36)27-7-6-22(16-30)17-31-27;/h3-7,17-18H,8-15,19-20H2,1-2H3,(H,33,39);1H4.